The number of carbonyl (C=O) groups is 1. The smallest absolute Gasteiger partial charge is 0.139 e. The number of Topliss-reactive ketones (excluding diaryl/α,β-unsaturated/α-hetero) is 1. The monoisotopic (exact) mass is 226 g/mol. The fourth-order valence-electron chi connectivity index (χ4n) is 3.92. The van der Waals surface area contributed by atoms with E-state index in [0.29, 0.717) is 29.5 Å². The molecule has 0 saturated heterocycles. The number of carbonyl (C=O) groups excluding carboxylic acids is 1. The van der Waals surface area contributed by atoms with Crippen molar-refractivity contribution in [2.45, 2.75) is 38.0 Å². The summed E-state index contributed by atoms with van der Waals surface area (Å²) in [6, 6.07) is 8.75. The van der Waals surface area contributed by atoms with Crippen LogP contribution in [0.2, 0.25) is 0 Å². The third-order valence-corrected chi connectivity index (χ3v) is 5.17. The first-order valence-electron chi connectivity index (χ1n) is 6.98. The molecule has 3 aliphatic rings. The van der Waals surface area contributed by atoms with Gasteiger partial charge in [0.2, 0.25) is 0 Å². The molecule has 17 heavy (non-hydrogen) atoms. The summed E-state index contributed by atoms with van der Waals surface area (Å²) in [6.45, 7) is 0. The minimum absolute atomic E-state index is 0.393. The van der Waals surface area contributed by atoms with E-state index >= 15 is 0 Å². The van der Waals surface area contributed by atoms with Crippen LogP contribution >= 0.6 is 0 Å². The van der Waals surface area contributed by atoms with Gasteiger partial charge in [-0.1, -0.05) is 30.7 Å². The summed E-state index contributed by atoms with van der Waals surface area (Å²) in [5.41, 5.74) is 2.99. The van der Waals surface area contributed by atoms with E-state index < -0.39 is 0 Å². The molecule has 0 N–H and O–H groups in total. The van der Waals surface area contributed by atoms with E-state index in [1.54, 1.807) is 0 Å². The zero-order valence-electron chi connectivity index (χ0n) is 10.1. The van der Waals surface area contributed by atoms with Crippen LogP contribution in [0.15, 0.2) is 24.3 Å². The molecule has 0 radical (unpaired) electrons. The lowest BCUT2D eigenvalue weighted by molar-refractivity contribution is -0.126. The van der Waals surface area contributed by atoms with Crippen LogP contribution in [-0.2, 0) is 11.2 Å². The van der Waals surface area contributed by atoms with E-state index in [1.165, 1.54) is 30.4 Å². The zero-order valence-corrected chi connectivity index (χ0v) is 10.1. The Morgan fingerprint density at radius 3 is 2.71 bits per heavy atom. The summed E-state index contributed by atoms with van der Waals surface area (Å²) in [4.78, 5) is 12.4. The second-order valence-corrected chi connectivity index (χ2v) is 5.98. The van der Waals surface area contributed by atoms with Gasteiger partial charge in [0.1, 0.15) is 5.78 Å². The highest BCUT2D eigenvalue weighted by molar-refractivity contribution is 5.88. The first-order chi connectivity index (χ1) is 8.36. The van der Waals surface area contributed by atoms with E-state index in [1.807, 2.05) is 0 Å². The van der Waals surface area contributed by atoms with Crippen molar-refractivity contribution in [2.24, 2.45) is 17.8 Å². The summed E-state index contributed by atoms with van der Waals surface area (Å²) >= 11 is 0. The highest BCUT2D eigenvalue weighted by Crippen LogP contribution is 2.61. The lowest BCUT2D eigenvalue weighted by Gasteiger charge is -2.24. The quantitative estimate of drug-likeness (QED) is 0.756. The largest absolute Gasteiger partial charge is 0.299 e. The van der Waals surface area contributed by atoms with Crippen molar-refractivity contribution in [3.05, 3.63) is 35.4 Å². The molecule has 0 aliphatic heterocycles. The van der Waals surface area contributed by atoms with Crippen LogP contribution in [0.5, 0.6) is 0 Å². The molecule has 3 aliphatic carbocycles. The lowest BCUT2D eigenvalue weighted by atomic mass is 9.80. The highest BCUT2D eigenvalue weighted by atomic mass is 16.1. The van der Waals surface area contributed by atoms with Gasteiger partial charge in [-0.15, -0.1) is 0 Å². The molecule has 4 rings (SSSR count). The molecule has 1 aromatic carbocycles. The number of fused-ring (bicyclic) bond motifs is 3. The molecule has 0 heterocycles. The molecule has 2 fully saturated rings. The van der Waals surface area contributed by atoms with Gasteiger partial charge in [-0.25, -0.2) is 0 Å². The van der Waals surface area contributed by atoms with Crippen LogP contribution in [0.25, 0.3) is 0 Å². The van der Waals surface area contributed by atoms with Gasteiger partial charge in [-0.05, 0) is 48.6 Å². The Labute approximate surface area is 102 Å². The number of ketones is 1. The maximum absolute atomic E-state index is 12.4. The number of aryl methyl sites for hydroxylation is 1. The van der Waals surface area contributed by atoms with Gasteiger partial charge >= 0.3 is 0 Å². The molecule has 1 heteroatoms. The Bertz CT molecular complexity index is 472. The molecule has 2 saturated carbocycles. The maximum atomic E-state index is 12.4. The summed E-state index contributed by atoms with van der Waals surface area (Å²) in [5, 5.41) is 0. The molecular formula is C16H18O. The van der Waals surface area contributed by atoms with Crippen LogP contribution in [0, 0.1) is 17.8 Å². The lowest BCUT2D eigenvalue weighted by Crippen LogP contribution is -2.24. The van der Waals surface area contributed by atoms with E-state index in [2.05, 4.69) is 24.3 Å². The Balaban J connectivity index is 1.61. The minimum atomic E-state index is 0.393. The van der Waals surface area contributed by atoms with Crippen molar-refractivity contribution in [1.29, 1.82) is 0 Å². The number of rotatable bonds is 2. The van der Waals surface area contributed by atoms with Crippen molar-refractivity contribution >= 4 is 5.78 Å². The standard InChI is InChI=1S/C16H18O/c17-16(11-5-3-6-11)15-13-9-8-10-4-1-2-7-12(10)14(13)15/h1-2,4,7,11,13-15H,3,5-6,8-9H2. The van der Waals surface area contributed by atoms with Crippen LogP contribution < -0.4 is 0 Å². The predicted molar refractivity (Wildman–Crippen MR) is 66.8 cm³/mol. The van der Waals surface area contributed by atoms with E-state index in [-0.39, 0.29) is 0 Å². The number of benzene rings is 1. The predicted octanol–water partition coefficient (Wildman–Crippen LogP) is 3.33. The van der Waals surface area contributed by atoms with Crippen LogP contribution in [-0.4, -0.2) is 5.78 Å². The molecule has 0 amide bonds. The summed E-state index contributed by atoms with van der Waals surface area (Å²) in [5.74, 6) is 2.70. The zero-order chi connectivity index (χ0) is 11.4. The van der Waals surface area contributed by atoms with Crippen LogP contribution in [0.3, 0.4) is 0 Å². The number of hydrogen-bond donors (Lipinski definition) is 0. The van der Waals surface area contributed by atoms with Gasteiger partial charge in [-0.2, -0.15) is 0 Å². The molecule has 3 atom stereocenters. The average molecular weight is 226 g/mol. The third kappa shape index (κ3) is 1.34. The molecule has 3 unspecified atom stereocenters. The van der Waals surface area contributed by atoms with Gasteiger partial charge < -0.3 is 0 Å². The van der Waals surface area contributed by atoms with Gasteiger partial charge in [0, 0.05) is 11.8 Å². The Morgan fingerprint density at radius 1 is 1.12 bits per heavy atom. The first kappa shape index (κ1) is 9.87. The second-order valence-electron chi connectivity index (χ2n) is 5.98. The SMILES string of the molecule is O=C(C1CCC1)C1C2CCc3ccccc3C21. The fourth-order valence-corrected chi connectivity index (χ4v) is 3.92. The Hall–Kier alpha value is -1.11. The van der Waals surface area contributed by atoms with Crippen molar-refractivity contribution in [2.75, 3.05) is 0 Å². The summed E-state index contributed by atoms with van der Waals surface area (Å²) < 4.78 is 0. The average Bonchev–Trinajstić information content (AvgIpc) is 3.01. The maximum Gasteiger partial charge on any atom is 0.139 e. The van der Waals surface area contributed by atoms with E-state index in [4.69, 9.17) is 0 Å². The third-order valence-electron chi connectivity index (χ3n) is 5.17. The second kappa shape index (κ2) is 3.44. The first-order valence-corrected chi connectivity index (χ1v) is 6.98. The number of hydrogen-bond acceptors (Lipinski definition) is 1. The molecule has 1 aromatic rings. The molecule has 1 nitrogen and oxygen atoms in total. The fraction of sp³-hybridized carbons (Fsp3) is 0.562. The van der Waals surface area contributed by atoms with Crippen molar-refractivity contribution in [3.63, 3.8) is 0 Å². The topological polar surface area (TPSA) is 17.1 Å². The van der Waals surface area contributed by atoms with Crippen molar-refractivity contribution in [1.82, 2.24) is 0 Å². The van der Waals surface area contributed by atoms with Crippen LogP contribution in [0.1, 0.15) is 42.7 Å². The molecule has 0 aromatic heterocycles. The molecule has 0 bridgehead atoms. The van der Waals surface area contributed by atoms with E-state index in [9.17, 15) is 4.79 Å². The van der Waals surface area contributed by atoms with Gasteiger partial charge in [-0.3, -0.25) is 4.79 Å². The molecule has 0 spiro atoms. The highest BCUT2D eigenvalue weighted by Gasteiger charge is 2.57. The Kier molecular flexibility index (Phi) is 2.00. The minimum Gasteiger partial charge on any atom is -0.299 e. The van der Waals surface area contributed by atoms with Gasteiger partial charge in [0.15, 0.2) is 0 Å². The van der Waals surface area contributed by atoms with Crippen LogP contribution in [0.4, 0.5) is 0 Å². The molecule has 88 valence electrons. The summed E-state index contributed by atoms with van der Waals surface area (Å²) in [7, 11) is 0. The van der Waals surface area contributed by atoms with Gasteiger partial charge in [0.25, 0.3) is 0 Å². The molecular weight excluding hydrogens is 208 g/mol. The normalized spacial score (nSPS) is 34.5. The van der Waals surface area contributed by atoms with E-state index in [0.717, 1.165) is 12.8 Å². The van der Waals surface area contributed by atoms with Crippen molar-refractivity contribution < 1.29 is 4.79 Å². The summed E-state index contributed by atoms with van der Waals surface area (Å²) in [6.07, 6.45) is 6.03. The Morgan fingerprint density at radius 2 is 1.94 bits per heavy atom. The van der Waals surface area contributed by atoms with Crippen molar-refractivity contribution in [3.8, 4) is 0 Å². The van der Waals surface area contributed by atoms with Gasteiger partial charge in [0.05, 0.1) is 0 Å².